The Balaban J connectivity index is 2.17. The van der Waals surface area contributed by atoms with Crippen LogP contribution in [0.4, 0.5) is 0 Å². The van der Waals surface area contributed by atoms with Gasteiger partial charge in [0.25, 0.3) is 5.91 Å². The second-order valence-electron chi connectivity index (χ2n) is 5.67. The minimum absolute atomic E-state index is 0.208. The number of aryl methyl sites for hydroxylation is 1. The molecule has 0 saturated heterocycles. The zero-order chi connectivity index (χ0) is 13.8. The highest BCUT2D eigenvalue weighted by atomic mass is 79.9. The van der Waals surface area contributed by atoms with Crippen LogP contribution in [0.3, 0.4) is 0 Å². The van der Waals surface area contributed by atoms with E-state index in [1.54, 1.807) is 0 Å². The number of carbonyl (C=O) groups excluding carboxylic acids is 1. The highest BCUT2D eigenvalue weighted by Crippen LogP contribution is 2.22. The lowest BCUT2D eigenvalue weighted by Gasteiger charge is -2.28. The first-order valence-corrected chi connectivity index (χ1v) is 8.18. The number of amides is 1. The van der Waals surface area contributed by atoms with Crippen LogP contribution in [0.5, 0.6) is 0 Å². The maximum atomic E-state index is 12.6. The lowest BCUT2D eigenvalue weighted by Crippen LogP contribution is -2.37. The average molecular weight is 324 g/mol. The third-order valence-electron chi connectivity index (χ3n) is 4.01. The molecule has 1 aromatic carbocycles. The highest BCUT2D eigenvalue weighted by Gasteiger charge is 2.25. The Labute approximate surface area is 124 Å². The third-order valence-corrected chi connectivity index (χ3v) is 4.84. The summed E-state index contributed by atoms with van der Waals surface area (Å²) in [5.41, 5.74) is 2.10. The number of fused-ring (bicyclic) bond motifs is 1. The molecule has 1 aromatic rings. The lowest BCUT2D eigenvalue weighted by molar-refractivity contribution is 0.0726. The van der Waals surface area contributed by atoms with Crippen molar-refractivity contribution in [1.29, 1.82) is 0 Å². The molecule has 104 valence electrons. The molecule has 0 bridgehead atoms. The van der Waals surface area contributed by atoms with Crippen LogP contribution in [-0.2, 0) is 6.42 Å². The number of nitrogens with zero attached hydrogens (tertiary/aromatic N) is 1. The number of hydrogen-bond acceptors (Lipinski definition) is 1. The number of carbonyl (C=O) groups is 1. The summed E-state index contributed by atoms with van der Waals surface area (Å²) in [5.74, 6) is 1.32. The van der Waals surface area contributed by atoms with E-state index in [-0.39, 0.29) is 5.91 Å². The quantitative estimate of drug-likeness (QED) is 0.773. The van der Waals surface area contributed by atoms with Gasteiger partial charge in [0.1, 0.15) is 0 Å². The third kappa shape index (κ3) is 3.38. The Morgan fingerprint density at radius 3 is 2.74 bits per heavy atom. The summed E-state index contributed by atoms with van der Waals surface area (Å²) in [6.45, 7) is 6.18. The maximum Gasteiger partial charge on any atom is 0.254 e. The van der Waals surface area contributed by atoms with Gasteiger partial charge < -0.3 is 4.90 Å². The van der Waals surface area contributed by atoms with E-state index in [4.69, 9.17) is 0 Å². The maximum absolute atomic E-state index is 12.6. The first-order chi connectivity index (χ1) is 9.13. The van der Waals surface area contributed by atoms with Crippen molar-refractivity contribution >= 4 is 21.8 Å². The van der Waals surface area contributed by atoms with E-state index in [1.807, 2.05) is 23.1 Å². The van der Waals surface area contributed by atoms with Crippen LogP contribution in [0.25, 0.3) is 0 Å². The van der Waals surface area contributed by atoms with E-state index in [0.29, 0.717) is 11.8 Å². The summed E-state index contributed by atoms with van der Waals surface area (Å²) in [7, 11) is 0. The molecule has 0 N–H and O–H groups in total. The van der Waals surface area contributed by atoms with Gasteiger partial charge in [-0.05, 0) is 36.3 Å². The van der Waals surface area contributed by atoms with Crippen LogP contribution in [0.2, 0.25) is 0 Å². The highest BCUT2D eigenvalue weighted by molar-refractivity contribution is 9.09. The van der Waals surface area contributed by atoms with Crippen LogP contribution < -0.4 is 0 Å². The SMILES string of the molecule is CC(C)C(CBr)CN1CCCc2ccccc2C1=O. The molecule has 1 aliphatic heterocycles. The molecular weight excluding hydrogens is 302 g/mol. The Morgan fingerprint density at radius 2 is 2.05 bits per heavy atom. The number of hydrogen-bond donors (Lipinski definition) is 0. The van der Waals surface area contributed by atoms with Gasteiger partial charge in [-0.3, -0.25) is 4.79 Å². The number of rotatable bonds is 4. The predicted molar refractivity (Wildman–Crippen MR) is 82.8 cm³/mol. The predicted octanol–water partition coefficient (Wildman–Crippen LogP) is 3.74. The van der Waals surface area contributed by atoms with Gasteiger partial charge in [-0.1, -0.05) is 48.0 Å². The molecule has 0 spiro atoms. The van der Waals surface area contributed by atoms with E-state index in [9.17, 15) is 4.79 Å². The molecule has 1 heterocycles. The monoisotopic (exact) mass is 323 g/mol. The molecular formula is C16H22BrNO. The molecule has 3 heteroatoms. The molecule has 0 fully saturated rings. The summed E-state index contributed by atoms with van der Waals surface area (Å²) in [4.78, 5) is 14.7. The smallest absolute Gasteiger partial charge is 0.254 e. The van der Waals surface area contributed by atoms with Crippen molar-refractivity contribution < 1.29 is 4.79 Å². The van der Waals surface area contributed by atoms with E-state index in [2.05, 4.69) is 35.8 Å². The molecule has 1 amide bonds. The van der Waals surface area contributed by atoms with E-state index >= 15 is 0 Å². The first kappa shape index (κ1) is 14.6. The number of benzene rings is 1. The van der Waals surface area contributed by atoms with Gasteiger partial charge in [0.05, 0.1) is 0 Å². The summed E-state index contributed by atoms with van der Waals surface area (Å²) in [5, 5.41) is 0.954. The van der Waals surface area contributed by atoms with Crippen molar-refractivity contribution in [2.75, 3.05) is 18.4 Å². The molecule has 0 saturated carbocycles. The molecule has 1 unspecified atom stereocenters. The van der Waals surface area contributed by atoms with Crippen molar-refractivity contribution in [3.8, 4) is 0 Å². The zero-order valence-electron chi connectivity index (χ0n) is 11.7. The van der Waals surface area contributed by atoms with Crippen LogP contribution >= 0.6 is 15.9 Å². The minimum atomic E-state index is 0.208. The minimum Gasteiger partial charge on any atom is -0.338 e. The van der Waals surface area contributed by atoms with Gasteiger partial charge in [0.2, 0.25) is 0 Å². The van der Waals surface area contributed by atoms with Gasteiger partial charge >= 0.3 is 0 Å². The average Bonchev–Trinajstić information content (AvgIpc) is 2.56. The standard InChI is InChI=1S/C16H22BrNO/c1-12(2)14(10-17)11-18-9-5-7-13-6-3-4-8-15(13)16(18)19/h3-4,6,8,12,14H,5,7,9-11H2,1-2H3. The second-order valence-corrected chi connectivity index (χ2v) is 6.32. The van der Waals surface area contributed by atoms with Crippen LogP contribution in [-0.4, -0.2) is 29.2 Å². The number of alkyl halides is 1. The molecule has 19 heavy (non-hydrogen) atoms. The van der Waals surface area contributed by atoms with Crippen LogP contribution in [0.15, 0.2) is 24.3 Å². The molecule has 2 rings (SSSR count). The topological polar surface area (TPSA) is 20.3 Å². The summed E-state index contributed by atoms with van der Waals surface area (Å²) >= 11 is 3.58. The molecule has 0 radical (unpaired) electrons. The van der Waals surface area contributed by atoms with Gasteiger partial charge in [0.15, 0.2) is 0 Å². The Morgan fingerprint density at radius 1 is 1.32 bits per heavy atom. The van der Waals surface area contributed by atoms with Gasteiger partial charge in [-0.2, -0.15) is 0 Å². The van der Waals surface area contributed by atoms with Crippen molar-refractivity contribution in [3.63, 3.8) is 0 Å². The fourth-order valence-electron chi connectivity index (χ4n) is 2.57. The van der Waals surface area contributed by atoms with Crippen molar-refractivity contribution in [3.05, 3.63) is 35.4 Å². The zero-order valence-corrected chi connectivity index (χ0v) is 13.3. The van der Waals surface area contributed by atoms with Gasteiger partial charge in [-0.15, -0.1) is 0 Å². The Hall–Kier alpha value is -0.830. The summed E-state index contributed by atoms with van der Waals surface area (Å²) in [6, 6.07) is 8.04. The van der Waals surface area contributed by atoms with Crippen LogP contribution in [0.1, 0.15) is 36.2 Å². The van der Waals surface area contributed by atoms with Gasteiger partial charge in [0, 0.05) is 24.0 Å². The molecule has 2 nitrogen and oxygen atoms in total. The lowest BCUT2D eigenvalue weighted by atomic mass is 9.97. The normalized spacial score (nSPS) is 17.3. The Bertz CT molecular complexity index is 444. The van der Waals surface area contributed by atoms with Gasteiger partial charge in [-0.25, -0.2) is 0 Å². The molecule has 1 atom stereocenters. The summed E-state index contributed by atoms with van der Waals surface area (Å²) < 4.78 is 0. The molecule has 0 aliphatic carbocycles. The van der Waals surface area contributed by atoms with E-state index in [0.717, 1.165) is 36.8 Å². The second kappa shape index (κ2) is 6.56. The first-order valence-electron chi connectivity index (χ1n) is 7.06. The largest absolute Gasteiger partial charge is 0.338 e. The summed E-state index contributed by atoms with van der Waals surface area (Å²) in [6.07, 6.45) is 2.08. The Kier molecular flexibility index (Phi) is 5.03. The fraction of sp³-hybridized carbons (Fsp3) is 0.562. The van der Waals surface area contributed by atoms with Crippen LogP contribution in [0, 0.1) is 11.8 Å². The molecule has 1 aliphatic rings. The van der Waals surface area contributed by atoms with E-state index in [1.165, 1.54) is 5.56 Å². The van der Waals surface area contributed by atoms with E-state index < -0.39 is 0 Å². The fourth-order valence-corrected chi connectivity index (χ4v) is 3.53. The van der Waals surface area contributed by atoms with Crippen molar-refractivity contribution in [2.24, 2.45) is 11.8 Å². The number of halogens is 1. The van der Waals surface area contributed by atoms with Crippen molar-refractivity contribution in [1.82, 2.24) is 4.90 Å². The molecule has 0 aromatic heterocycles. The van der Waals surface area contributed by atoms with Crippen molar-refractivity contribution in [2.45, 2.75) is 26.7 Å².